The highest BCUT2D eigenvalue weighted by Gasteiger charge is 2.32. The van der Waals surface area contributed by atoms with Crippen molar-refractivity contribution in [2.75, 3.05) is 50.9 Å². The number of aromatic nitrogens is 3. The molecule has 2 saturated heterocycles. The number of nitrogens with one attached hydrogen (secondary N) is 1. The summed E-state index contributed by atoms with van der Waals surface area (Å²) in [6.45, 7) is 6.29. The molecule has 2 aromatic heterocycles. The van der Waals surface area contributed by atoms with E-state index in [1.807, 2.05) is 43.3 Å². The zero-order chi connectivity index (χ0) is 23.7. The van der Waals surface area contributed by atoms with E-state index >= 15 is 0 Å². The van der Waals surface area contributed by atoms with Gasteiger partial charge >= 0.3 is 0 Å². The number of carbonyl (C=O) groups excluding carboxylic acids is 1. The van der Waals surface area contributed by atoms with Crippen molar-refractivity contribution in [2.45, 2.75) is 19.4 Å². The normalized spacial score (nSPS) is 20.6. The topological polar surface area (TPSA) is 106 Å². The largest absolute Gasteiger partial charge is 0.379 e. The fourth-order valence-corrected chi connectivity index (χ4v) is 6.41. The third kappa shape index (κ3) is 4.70. The standard InChI is InChI=1S/C24H29N5O4S/c1-17-22-20(24(30)25-8-9-28-10-12-33-13-11-28)15-21(18-5-3-2-4-6-18)26-23(22)29(27-17)19-7-14-34(31,32)16-19/h2-6,15,19H,7-14,16H2,1H3,(H,25,30)/t19-/m1/s1. The van der Waals surface area contributed by atoms with Gasteiger partial charge in [-0.15, -0.1) is 0 Å². The molecular formula is C24H29N5O4S. The maximum atomic E-state index is 13.4. The van der Waals surface area contributed by atoms with Crippen LogP contribution in [0.1, 0.15) is 28.5 Å². The summed E-state index contributed by atoms with van der Waals surface area (Å²) in [7, 11) is -3.10. The van der Waals surface area contributed by atoms with Gasteiger partial charge in [-0.1, -0.05) is 30.3 Å². The van der Waals surface area contributed by atoms with Gasteiger partial charge in [-0.2, -0.15) is 5.10 Å². The molecular weight excluding hydrogens is 454 g/mol. The van der Waals surface area contributed by atoms with Crippen molar-refractivity contribution >= 4 is 26.8 Å². The summed E-state index contributed by atoms with van der Waals surface area (Å²) in [5, 5.41) is 8.38. The van der Waals surface area contributed by atoms with Crippen molar-refractivity contribution in [2.24, 2.45) is 0 Å². The highest BCUT2D eigenvalue weighted by Crippen LogP contribution is 2.32. The summed E-state index contributed by atoms with van der Waals surface area (Å²) in [6, 6.07) is 11.2. The van der Waals surface area contributed by atoms with E-state index in [0.29, 0.717) is 54.2 Å². The number of sulfone groups is 1. The first-order valence-corrected chi connectivity index (χ1v) is 13.5. The lowest BCUT2D eigenvalue weighted by Crippen LogP contribution is -2.41. The van der Waals surface area contributed by atoms with Gasteiger partial charge in [0.1, 0.15) is 0 Å². The van der Waals surface area contributed by atoms with Gasteiger partial charge in [-0.25, -0.2) is 18.1 Å². The van der Waals surface area contributed by atoms with Gasteiger partial charge in [-0.3, -0.25) is 9.69 Å². The molecule has 34 heavy (non-hydrogen) atoms. The summed E-state index contributed by atoms with van der Waals surface area (Å²) < 4.78 is 31.4. The number of morpholine rings is 1. The number of rotatable bonds is 6. The third-order valence-electron chi connectivity index (χ3n) is 6.52. The van der Waals surface area contributed by atoms with Crippen molar-refractivity contribution in [3.63, 3.8) is 0 Å². The Bertz CT molecular complexity index is 1300. The molecule has 1 amide bonds. The Kier molecular flexibility index (Phi) is 6.37. The van der Waals surface area contributed by atoms with Gasteiger partial charge in [0.15, 0.2) is 15.5 Å². The number of hydrogen-bond donors (Lipinski definition) is 1. The van der Waals surface area contributed by atoms with Crippen molar-refractivity contribution in [1.29, 1.82) is 0 Å². The zero-order valence-corrected chi connectivity index (χ0v) is 20.1. The molecule has 2 aliphatic rings. The van der Waals surface area contributed by atoms with Crippen molar-refractivity contribution in [3.8, 4) is 11.3 Å². The van der Waals surface area contributed by atoms with Crippen LogP contribution in [0.2, 0.25) is 0 Å². The second kappa shape index (κ2) is 9.44. The first-order valence-electron chi connectivity index (χ1n) is 11.7. The minimum Gasteiger partial charge on any atom is -0.379 e. The number of aryl methyl sites for hydroxylation is 1. The highest BCUT2D eigenvalue weighted by atomic mass is 32.2. The predicted octanol–water partition coefficient (Wildman–Crippen LogP) is 1.83. The Balaban J connectivity index is 1.51. The molecule has 0 radical (unpaired) electrons. The number of fused-ring (bicyclic) bond motifs is 1. The van der Waals surface area contributed by atoms with Gasteiger partial charge in [0.2, 0.25) is 0 Å². The molecule has 0 unspecified atom stereocenters. The molecule has 9 nitrogen and oxygen atoms in total. The Morgan fingerprint density at radius 3 is 2.68 bits per heavy atom. The van der Waals surface area contributed by atoms with Crippen molar-refractivity contribution in [3.05, 3.63) is 47.7 Å². The van der Waals surface area contributed by atoms with Crippen LogP contribution in [0, 0.1) is 6.92 Å². The Labute approximate surface area is 199 Å². The SMILES string of the molecule is Cc1nn([C@@H]2CCS(=O)(=O)C2)c2nc(-c3ccccc3)cc(C(=O)NCCN3CCOCC3)c12. The molecule has 0 bridgehead atoms. The second-order valence-corrected chi connectivity index (χ2v) is 11.1. The molecule has 1 atom stereocenters. The number of ether oxygens (including phenoxy) is 1. The lowest BCUT2D eigenvalue weighted by Gasteiger charge is -2.26. The molecule has 3 aromatic rings. The van der Waals surface area contributed by atoms with Crippen LogP contribution < -0.4 is 5.32 Å². The van der Waals surface area contributed by atoms with Crippen LogP contribution in [0.5, 0.6) is 0 Å². The van der Waals surface area contributed by atoms with E-state index in [-0.39, 0.29) is 23.5 Å². The third-order valence-corrected chi connectivity index (χ3v) is 8.27. The van der Waals surface area contributed by atoms with Crippen molar-refractivity contribution in [1.82, 2.24) is 25.0 Å². The van der Waals surface area contributed by atoms with Crippen LogP contribution >= 0.6 is 0 Å². The van der Waals surface area contributed by atoms with Gasteiger partial charge in [0.25, 0.3) is 5.91 Å². The number of benzene rings is 1. The fraction of sp³-hybridized carbons (Fsp3) is 0.458. The van der Waals surface area contributed by atoms with Crippen LogP contribution in [0.4, 0.5) is 0 Å². The van der Waals surface area contributed by atoms with Gasteiger partial charge in [-0.05, 0) is 19.4 Å². The van der Waals surface area contributed by atoms with E-state index in [9.17, 15) is 13.2 Å². The summed E-state index contributed by atoms with van der Waals surface area (Å²) in [4.78, 5) is 20.5. The molecule has 0 spiro atoms. The lowest BCUT2D eigenvalue weighted by atomic mass is 10.0. The monoisotopic (exact) mass is 483 g/mol. The molecule has 2 fully saturated rings. The highest BCUT2D eigenvalue weighted by molar-refractivity contribution is 7.91. The predicted molar refractivity (Wildman–Crippen MR) is 130 cm³/mol. The Morgan fingerprint density at radius 1 is 1.21 bits per heavy atom. The number of hydrogen-bond acceptors (Lipinski definition) is 7. The molecule has 2 aliphatic heterocycles. The summed E-state index contributed by atoms with van der Waals surface area (Å²) in [5.41, 5.74) is 3.28. The van der Waals surface area contributed by atoms with E-state index in [1.54, 1.807) is 4.68 Å². The number of nitrogens with zero attached hydrogens (tertiary/aromatic N) is 4. The first-order chi connectivity index (χ1) is 16.4. The molecule has 10 heteroatoms. The molecule has 0 saturated carbocycles. The molecule has 1 aromatic carbocycles. The van der Waals surface area contributed by atoms with Crippen LogP contribution in [0.25, 0.3) is 22.3 Å². The number of pyridine rings is 1. The summed E-state index contributed by atoms with van der Waals surface area (Å²) >= 11 is 0. The Hall–Kier alpha value is -2.82. The maximum Gasteiger partial charge on any atom is 0.252 e. The minimum absolute atomic E-state index is 0.0432. The number of carbonyl (C=O) groups is 1. The van der Waals surface area contributed by atoms with Crippen molar-refractivity contribution < 1.29 is 17.9 Å². The van der Waals surface area contributed by atoms with Crippen LogP contribution in [0.3, 0.4) is 0 Å². The van der Waals surface area contributed by atoms with E-state index < -0.39 is 9.84 Å². The molecule has 4 heterocycles. The summed E-state index contributed by atoms with van der Waals surface area (Å²) in [5.74, 6) is 0.00638. The van der Waals surface area contributed by atoms with E-state index in [4.69, 9.17) is 9.72 Å². The molecule has 5 rings (SSSR count). The average Bonchev–Trinajstić information content (AvgIpc) is 3.38. The Morgan fingerprint density at radius 2 is 1.97 bits per heavy atom. The zero-order valence-electron chi connectivity index (χ0n) is 19.2. The molecule has 1 N–H and O–H groups in total. The van der Waals surface area contributed by atoms with E-state index in [0.717, 1.165) is 25.2 Å². The van der Waals surface area contributed by atoms with Gasteiger partial charge in [0.05, 0.1) is 53.1 Å². The van der Waals surface area contributed by atoms with Gasteiger partial charge < -0.3 is 10.1 Å². The van der Waals surface area contributed by atoms with Crippen LogP contribution in [-0.4, -0.2) is 84.9 Å². The van der Waals surface area contributed by atoms with Gasteiger partial charge in [0, 0.05) is 31.7 Å². The lowest BCUT2D eigenvalue weighted by molar-refractivity contribution is 0.0383. The maximum absolute atomic E-state index is 13.4. The van der Waals surface area contributed by atoms with E-state index in [1.165, 1.54) is 0 Å². The van der Waals surface area contributed by atoms with Crippen LogP contribution in [-0.2, 0) is 14.6 Å². The first kappa shape index (κ1) is 22.9. The quantitative estimate of drug-likeness (QED) is 0.570. The number of amides is 1. The van der Waals surface area contributed by atoms with Crippen LogP contribution in [0.15, 0.2) is 36.4 Å². The molecule has 180 valence electrons. The average molecular weight is 484 g/mol. The smallest absolute Gasteiger partial charge is 0.252 e. The molecule has 0 aliphatic carbocycles. The minimum atomic E-state index is -3.10. The second-order valence-electron chi connectivity index (χ2n) is 8.92. The fourth-order valence-electron chi connectivity index (χ4n) is 4.72. The van der Waals surface area contributed by atoms with E-state index in [2.05, 4.69) is 15.3 Å². The summed E-state index contributed by atoms with van der Waals surface area (Å²) in [6.07, 6.45) is 0.497.